The third-order valence-corrected chi connectivity index (χ3v) is 5.06. The van der Waals surface area contributed by atoms with Crippen LogP contribution >= 0.6 is 0 Å². The van der Waals surface area contributed by atoms with Crippen LogP contribution in [0, 0.1) is 13.8 Å². The van der Waals surface area contributed by atoms with E-state index >= 15 is 0 Å². The van der Waals surface area contributed by atoms with Gasteiger partial charge in [0.15, 0.2) is 0 Å². The van der Waals surface area contributed by atoms with E-state index in [-0.39, 0.29) is 18.4 Å². The smallest absolute Gasteiger partial charge is 0.229 e. The number of anilines is 1. The molecule has 1 N–H and O–H groups in total. The topological polar surface area (TPSA) is 75.7 Å². The van der Waals surface area contributed by atoms with Gasteiger partial charge < -0.3 is 9.64 Å². The number of carbonyl (C=O) groups is 1. The van der Waals surface area contributed by atoms with Gasteiger partial charge in [0.05, 0.1) is 19.2 Å². The van der Waals surface area contributed by atoms with Crippen LogP contribution in [0.15, 0.2) is 42.5 Å². The number of hydrogen-bond acceptors (Lipinski definition) is 4. The van der Waals surface area contributed by atoms with Gasteiger partial charge >= 0.3 is 0 Å². The van der Waals surface area contributed by atoms with Crippen LogP contribution in [0.5, 0.6) is 5.75 Å². The van der Waals surface area contributed by atoms with Gasteiger partial charge in [0.25, 0.3) is 0 Å². The molecule has 0 spiro atoms. The lowest BCUT2D eigenvalue weighted by Gasteiger charge is -2.23. The minimum Gasteiger partial charge on any atom is -0.489 e. The number of carbonyl (C=O) groups excluding carboxylic acids is 1. The zero-order chi connectivity index (χ0) is 20.9. The molecule has 6 nitrogen and oxygen atoms in total. The first-order chi connectivity index (χ1) is 13.0. The summed E-state index contributed by atoms with van der Waals surface area (Å²) in [6.07, 6.45) is 1.20. The summed E-state index contributed by atoms with van der Waals surface area (Å²) in [6.45, 7) is 6.48. The third-order valence-electron chi connectivity index (χ3n) is 4.45. The van der Waals surface area contributed by atoms with Crippen LogP contribution in [0.4, 0.5) is 5.69 Å². The summed E-state index contributed by atoms with van der Waals surface area (Å²) in [4.78, 5) is 14.1. The van der Waals surface area contributed by atoms with Gasteiger partial charge in [-0.25, -0.2) is 8.42 Å². The van der Waals surface area contributed by atoms with Crippen molar-refractivity contribution >= 4 is 21.6 Å². The number of hydrogen-bond donors (Lipinski definition) is 1. The van der Waals surface area contributed by atoms with E-state index in [2.05, 4.69) is 4.72 Å². The number of benzene rings is 2. The van der Waals surface area contributed by atoms with Gasteiger partial charge in [-0.1, -0.05) is 24.3 Å². The molecule has 0 bridgehead atoms. The van der Waals surface area contributed by atoms with Crippen LogP contribution in [0.1, 0.15) is 23.6 Å². The average molecular weight is 405 g/mol. The third kappa shape index (κ3) is 6.56. The molecule has 2 aromatic rings. The highest BCUT2D eigenvalue weighted by atomic mass is 32.2. The molecule has 0 heterocycles. The van der Waals surface area contributed by atoms with E-state index in [1.807, 2.05) is 39.0 Å². The monoisotopic (exact) mass is 404 g/mol. The molecule has 1 amide bonds. The van der Waals surface area contributed by atoms with Crippen molar-refractivity contribution in [2.75, 3.05) is 24.6 Å². The van der Waals surface area contributed by atoms with Gasteiger partial charge in [-0.3, -0.25) is 9.52 Å². The molecule has 0 aliphatic heterocycles. The number of aryl methyl sites for hydroxylation is 1. The SMILES string of the molecule is Cc1cccc(OC(C)CN(C)C(=O)Cc2ccc(NS(C)(=O)=O)cc2)c1C. The van der Waals surface area contributed by atoms with Gasteiger partial charge in [-0.15, -0.1) is 0 Å². The largest absolute Gasteiger partial charge is 0.489 e. The van der Waals surface area contributed by atoms with Crippen LogP contribution in [-0.2, 0) is 21.2 Å². The molecule has 0 saturated carbocycles. The fraction of sp³-hybridized carbons (Fsp3) is 0.381. The lowest BCUT2D eigenvalue weighted by Crippen LogP contribution is -2.36. The second-order valence-corrected chi connectivity index (χ2v) is 8.90. The van der Waals surface area contributed by atoms with E-state index in [9.17, 15) is 13.2 Å². The lowest BCUT2D eigenvalue weighted by molar-refractivity contribution is -0.130. The molecule has 0 aliphatic carbocycles. The summed E-state index contributed by atoms with van der Waals surface area (Å²) in [5, 5.41) is 0. The number of amides is 1. The van der Waals surface area contributed by atoms with Crippen LogP contribution in [0.2, 0.25) is 0 Å². The molecular weight excluding hydrogens is 376 g/mol. The molecule has 2 aromatic carbocycles. The zero-order valence-electron chi connectivity index (χ0n) is 17.0. The molecule has 2 rings (SSSR count). The van der Waals surface area contributed by atoms with Crippen molar-refractivity contribution in [1.82, 2.24) is 4.90 Å². The number of nitrogens with zero attached hydrogens (tertiary/aromatic N) is 1. The Balaban J connectivity index is 1.90. The first kappa shape index (κ1) is 21.8. The highest BCUT2D eigenvalue weighted by Crippen LogP contribution is 2.22. The number of ether oxygens (including phenoxy) is 1. The van der Waals surface area contributed by atoms with E-state index in [1.54, 1.807) is 36.2 Å². The minimum absolute atomic E-state index is 0.0276. The number of nitrogens with one attached hydrogen (secondary N) is 1. The molecule has 1 atom stereocenters. The summed E-state index contributed by atoms with van der Waals surface area (Å²) in [7, 11) is -1.56. The molecule has 0 saturated heterocycles. The van der Waals surface area contributed by atoms with Crippen molar-refractivity contribution in [3.63, 3.8) is 0 Å². The Labute approximate surface area is 167 Å². The highest BCUT2D eigenvalue weighted by molar-refractivity contribution is 7.92. The molecule has 28 heavy (non-hydrogen) atoms. The molecule has 0 aromatic heterocycles. The predicted octanol–water partition coefficient (Wildman–Crippen LogP) is 3.14. The van der Waals surface area contributed by atoms with Crippen molar-refractivity contribution in [1.29, 1.82) is 0 Å². The van der Waals surface area contributed by atoms with E-state index in [4.69, 9.17) is 4.74 Å². The Hall–Kier alpha value is -2.54. The minimum atomic E-state index is -3.31. The summed E-state index contributed by atoms with van der Waals surface area (Å²) in [5.74, 6) is 0.808. The Kier molecular flexibility index (Phi) is 7.07. The Morgan fingerprint density at radius 3 is 2.39 bits per heavy atom. The standard InChI is InChI=1S/C21H28N2O4S/c1-15-7-6-8-20(17(15)3)27-16(2)14-23(4)21(24)13-18-9-11-19(12-10-18)22-28(5,25)26/h6-12,16,22H,13-14H2,1-5H3. The zero-order valence-corrected chi connectivity index (χ0v) is 17.8. The fourth-order valence-electron chi connectivity index (χ4n) is 2.81. The van der Waals surface area contributed by atoms with E-state index in [0.717, 1.165) is 23.1 Å². The molecular formula is C21H28N2O4S. The fourth-order valence-corrected chi connectivity index (χ4v) is 3.37. The average Bonchev–Trinajstić information content (AvgIpc) is 2.59. The maximum atomic E-state index is 12.5. The van der Waals surface area contributed by atoms with Gasteiger partial charge in [-0.05, 0) is 55.7 Å². The van der Waals surface area contributed by atoms with Crippen molar-refractivity contribution in [2.45, 2.75) is 33.3 Å². The van der Waals surface area contributed by atoms with Crippen molar-refractivity contribution < 1.29 is 17.9 Å². The summed E-state index contributed by atoms with van der Waals surface area (Å²) in [6, 6.07) is 12.7. The normalized spacial score (nSPS) is 12.3. The maximum absolute atomic E-state index is 12.5. The van der Waals surface area contributed by atoms with Crippen LogP contribution in [0.25, 0.3) is 0 Å². The first-order valence-electron chi connectivity index (χ1n) is 9.08. The quantitative estimate of drug-likeness (QED) is 0.733. The Morgan fingerprint density at radius 1 is 1.14 bits per heavy atom. The number of likely N-dealkylation sites (N-methyl/N-ethyl adjacent to an activating group) is 1. The van der Waals surface area contributed by atoms with Gasteiger partial charge in [0.2, 0.25) is 15.9 Å². The second kappa shape index (κ2) is 9.10. The van der Waals surface area contributed by atoms with Crippen LogP contribution in [-0.4, -0.2) is 45.2 Å². The molecule has 152 valence electrons. The molecule has 1 unspecified atom stereocenters. The van der Waals surface area contributed by atoms with Gasteiger partial charge in [0, 0.05) is 12.7 Å². The van der Waals surface area contributed by atoms with Crippen molar-refractivity contribution in [3.05, 3.63) is 59.2 Å². The summed E-state index contributed by atoms with van der Waals surface area (Å²) in [5.41, 5.74) is 3.57. The van der Waals surface area contributed by atoms with E-state index in [1.165, 1.54) is 5.56 Å². The molecule has 0 aliphatic rings. The lowest BCUT2D eigenvalue weighted by atomic mass is 10.1. The van der Waals surface area contributed by atoms with Crippen molar-refractivity contribution in [3.8, 4) is 5.75 Å². The van der Waals surface area contributed by atoms with Gasteiger partial charge in [-0.2, -0.15) is 0 Å². The number of rotatable bonds is 8. The second-order valence-electron chi connectivity index (χ2n) is 7.15. The predicted molar refractivity (Wildman–Crippen MR) is 112 cm³/mol. The summed E-state index contributed by atoms with van der Waals surface area (Å²) >= 11 is 0. The van der Waals surface area contributed by atoms with Crippen LogP contribution < -0.4 is 9.46 Å². The van der Waals surface area contributed by atoms with E-state index in [0.29, 0.717) is 12.2 Å². The summed E-state index contributed by atoms with van der Waals surface area (Å²) < 4.78 is 30.9. The Morgan fingerprint density at radius 2 is 1.79 bits per heavy atom. The van der Waals surface area contributed by atoms with Crippen LogP contribution in [0.3, 0.4) is 0 Å². The number of sulfonamides is 1. The van der Waals surface area contributed by atoms with Gasteiger partial charge in [0.1, 0.15) is 11.9 Å². The molecule has 0 radical (unpaired) electrons. The van der Waals surface area contributed by atoms with Crippen molar-refractivity contribution in [2.24, 2.45) is 0 Å². The van der Waals surface area contributed by atoms with E-state index < -0.39 is 10.0 Å². The maximum Gasteiger partial charge on any atom is 0.229 e. The molecule has 7 heteroatoms. The molecule has 0 fully saturated rings. The first-order valence-corrected chi connectivity index (χ1v) is 11.0. The Bertz CT molecular complexity index is 924. The highest BCUT2D eigenvalue weighted by Gasteiger charge is 2.15.